The van der Waals surface area contributed by atoms with Crippen molar-refractivity contribution >= 4 is 17.5 Å². The van der Waals surface area contributed by atoms with E-state index in [2.05, 4.69) is 4.98 Å². The van der Waals surface area contributed by atoms with Crippen molar-refractivity contribution in [1.29, 1.82) is 0 Å². The lowest BCUT2D eigenvalue weighted by molar-refractivity contribution is -0.138. The number of aromatic nitrogens is 2. The molecule has 4 rings (SSSR count). The van der Waals surface area contributed by atoms with Gasteiger partial charge >= 0.3 is 5.97 Å². The summed E-state index contributed by atoms with van der Waals surface area (Å²) in [6.07, 6.45) is 3.86. The first-order chi connectivity index (χ1) is 14.0. The van der Waals surface area contributed by atoms with E-state index in [9.17, 15) is 14.7 Å². The number of ether oxygens (including phenoxy) is 2. The Morgan fingerprint density at radius 3 is 2.66 bits per heavy atom. The SMILES string of the molecule is COc1cc2c(cc1OC)C(CC(=O)O)N(C(=O)c1cn3ccccc3n1)CC2. The maximum atomic E-state index is 13.2. The topological polar surface area (TPSA) is 93.4 Å². The van der Waals surface area contributed by atoms with Crippen LogP contribution >= 0.6 is 0 Å². The normalized spacial score (nSPS) is 15.8. The van der Waals surface area contributed by atoms with Gasteiger partial charge in [-0.05, 0) is 41.8 Å². The second-order valence-electron chi connectivity index (χ2n) is 6.86. The summed E-state index contributed by atoms with van der Waals surface area (Å²) in [5.41, 5.74) is 2.66. The minimum Gasteiger partial charge on any atom is -0.493 e. The van der Waals surface area contributed by atoms with Crippen LogP contribution in [0.4, 0.5) is 0 Å². The molecule has 1 aliphatic rings. The van der Waals surface area contributed by atoms with E-state index >= 15 is 0 Å². The highest BCUT2D eigenvalue weighted by molar-refractivity contribution is 5.93. The number of carboxylic acid groups (broad SMARTS) is 1. The molecule has 29 heavy (non-hydrogen) atoms. The van der Waals surface area contributed by atoms with Crippen molar-refractivity contribution in [2.45, 2.75) is 18.9 Å². The average Bonchev–Trinajstić information content (AvgIpc) is 3.16. The lowest BCUT2D eigenvalue weighted by atomic mass is 9.89. The summed E-state index contributed by atoms with van der Waals surface area (Å²) in [7, 11) is 3.08. The van der Waals surface area contributed by atoms with E-state index < -0.39 is 12.0 Å². The van der Waals surface area contributed by atoms with Gasteiger partial charge in [-0.15, -0.1) is 0 Å². The first kappa shape index (κ1) is 18.8. The molecule has 1 atom stereocenters. The molecule has 1 N–H and O–H groups in total. The summed E-state index contributed by atoms with van der Waals surface area (Å²) >= 11 is 0. The molecule has 0 bridgehead atoms. The molecular formula is C21H21N3O5. The lowest BCUT2D eigenvalue weighted by Gasteiger charge is -2.36. The number of methoxy groups -OCH3 is 2. The van der Waals surface area contributed by atoms with Gasteiger partial charge in [0, 0.05) is 18.9 Å². The summed E-state index contributed by atoms with van der Waals surface area (Å²) in [6.45, 7) is 0.396. The van der Waals surface area contributed by atoms with Crippen LogP contribution in [0.5, 0.6) is 11.5 Å². The zero-order chi connectivity index (χ0) is 20.5. The van der Waals surface area contributed by atoms with Crippen molar-refractivity contribution in [3.8, 4) is 11.5 Å². The van der Waals surface area contributed by atoms with E-state index in [-0.39, 0.29) is 18.0 Å². The van der Waals surface area contributed by atoms with E-state index in [1.165, 1.54) is 7.11 Å². The maximum absolute atomic E-state index is 13.2. The Morgan fingerprint density at radius 1 is 1.21 bits per heavy atom. The average molecular weight is 395 g/mol. The van der Waals surface area contributed by atoms with Crippen LogP contribution in [-0.2, 0) is 11.2 Å². The van der Waals surface area contributed by atoms with E-state index in [4.69, 9.17) is 9.47 Å². The second kappa shape index (κ2) is 7.46. The number of fused-ring (bicyclic) bond motifs is 2. The predicted molar refractivity (Wildman–Crippen MR) is 104 cm³/mol. The first-order valence-electron chi connectivity index (χ1n) is 9.23. The van der Waals surface area contributed by atoms with Gasteiger partial charge in [-0.2, -0.15) is 0 Å². The van der Waals surface area contributed by atoms with Crippen molar-refractivity contribution < 1.29 is 24.2 Å². The molecule has 8 heteroatoms. The zero-order valence-electron chi connectivity index (χ0n) is 16.2. The van der Waals surface area contributed by atoms with Gasteiger partial charge < -0.3 is 23.9 Å². The molecule has 0 fully saturated rings. The van der Waals surface area contributed by atoms with E-state index in [0.29, 0.717) is 30.1 Å². The number of hydrogen-bond donors (Lipinski definition) is 1. The van der Waals surface area contributed by atoms with E-state index in [1.807, 2.05) is 30.5 Å². The van der Waals surface area contributed by atoms with Crippen molar-refractivity contribution in [3.05, 3.63) is 59.5 Å². The van der Waals surface area contributed by atoms with Crippen molar-refractivity contribution in [1.82, 2.24) is 14.3 Å². The number of carbonyl (C=O) groups is 2. The van der Waals surface area contributed by atoms with Gasteiger partial charge in [0.15, 0.2) is 11.5 Å². The maximum Gasteiger partial charge on any atom is 0.305 e. The van der Waals surface area contributed by atoms with Crippen LogP contribution in [0.3, 0.4) is 0 Å². The molecule has 0 radical (unpaired) electrons. The third kappa shape index (κ3) is 3.37. The molecule has 1 amide bonds. The van der Waals surface area contributed by atoms with Gasteiger partial charge in [0.1, 0.15) is 11.3 Å². The van der Waals surface area contributed by atoms with E-state index in [1.54, 1.807) is 28.7 Å². The van der Waals surface area contributed by atoms with Crippen LogP contribution in [0, 0.1) is 0 Å². The Morgan fingerprint density at radius 2 is 1.97 bits per heavy atom. The standard InChI is InChI=1S/C21H21N3O5/c1-28-17-9-13-6-8-24(16(11-20(25)26)14(13)10-18(17)29-2)21(27)15-12-23-7-4-3-5-19(23)22-15/h3-5,7,9-10,12,16H,6,8,11H2,1-2H3,(H,25,26). The van der Waals surface area contributed by atoms with Crippen LogP contribution in [0.2, 0.25) is 0 Å². The molecule has 150 valence electrons. The Bertz CT molecular complexity index is 1060. The number of amides is 1. The molecule has 3 heterocycles. The molecule has 0 aliphatic carbocycles. The monoisotopic (exact) mass is 395 g/mol. The van der Waals surface area contributed by atoms with Gasteiger partial charge in [-0.1, -0.05) is 6.07 Å². The van der Waals surface area contributed by atoms with E-state index in [0.717, 1.165) is 11.1 Å². The van der Waals surface area contributed by atoms with Gasteiger partial charge in [0.25, 0.3) is 5.91 Å². The van der Waals surface area contributed by atoms with Gasteiger partial charge in [-0.3, -0.25) is 9.59 Å². The molecule has 1 aromatic carbocycles. The lowest BCUT2D eigenvalue weighted by Crippen LogP contribution is -2.41. The smallest absolute Gasteiger partial charge is 0.305 e. The number of imidazole rings is 1. The van der Waals surface area contributed by atoms with Crippen molar-refractivity contribution in [2.24, 2.45) is 0 Å². The zero-order valence-corrected chi connectivity index (χ0v) is 16.2. The fourth-order valence-electron chi connectivity index (χ4n) is 3.84. The number of nitrogens with zero attached hydrogens (tertiary/aromatic N) is 3. The number of carbonyl (C=O) groups excluding carboxylic acids is 1. The van der Waals surface area contributed by atoms with Crippen LogP contribution in [0.15, 0.2) is 42.7 Å². The second-order valence-corrected chi connectivity index (χ2v) is 6.86. The molecule has 1 unspecified atom stereocenters. The Hall–Kier alpha value is -3.55. The highest BCUT2D eigenvalue weighted by Gasteiger charge is 2.35. The minimum absolute atomic E-state index is 0.207. The summed E-state index contributed by atoms with van der Waals surface area (Å²) in [5.74, 6) is -0.185. The summed E-state index contributed by atoms with van der Waals surface area (Å²) < 4.78 is 12.5. The molecule has 0 spiro atoms. The van der Waals surface area contributed by atoms with Crippen LogP contribution in [0.1, 0.15) is 34.1 Å². The Balaban J connectivity index is 1.75. The van der Waals surface area contributed by atoms with Crippen LogP contribution in [0.25, 0.3) is 5.65 Å². The van der Waals surface area contributed by atoms with Crippen LogP contribution < -0.4 is 9.47 Å². The highest BCUT2D eigenvalue weighted by atomic mass is 16.5. The van der Waals surface area contributed by atoms with Gasteiger partial charge in [0.2, 0.25) is 0 Å². The predicted octanol–water partition coefficient (Wildman–Crippen LogP) is 2.57. The van der Waals surface area contributed by atoms with Crippen molar-refractivity contribution in [3.63, 3.8) is 0 Å². The summed E-state index contributed by atoms with van der Waals surface area (Å²) in [4.78, 5) is 30.8. The largest absolute Gasteiger partial charge is 0.493 e. The number of carboxylic acids is 1. The Kier molecular flexibility index (Phi) is 4.84. The number of benzene rings is 1. The molecular weight excluding hydrogens is 374 g/mol. The molecule has 2 aromatic heterocycles. The number of aliphatic carboxylic acids is 1. The Labute approximate surface area is 167 Å². The quantitative estimate of drug-likeness (QED) is 0.714. The molecule has 0 saturated heterocycles. The molecule has 8 nitrogen and oxygen atoms in total. The fraction of sp³-hybridized carbons (Fsp3) is 0.286. The van der Waals surface area contributed by atoms with Gasteiger partial charge in [0.05, 0.1) is 26.7 Å². The fourth-order valence-corrected chi connectivity index (χ4v) is 3.84. The highest BCUT2D eigenvalue weighted by Crippen LogP contribution is 2.40. The molecule has 0 saturated carbocycles. The number of pyridine rings is 1. The van der Waals surface area contributed by atoms with Crippen LogP contribution in [-0.4, -0.2) is 52.0 Å². The summed E-state index contributed by atoms with van der Waals surface area (Å²) in [5, 5.41) is 9.49. The molecule has 3 aromatic rings. The third-order valence-electron chi connectivity index (χ3n) is 5.21. The van der Waals surface area contributed by atoms with Crippen molar-refractivity contribution in [2.75, 3.05) is 20.8 Å². The number of rotatable bonds is 5. The van der Waals surface area contributed by atoms with Gasteiger partial charge in [-0.25, -0.2) is 4.98 Å². The summed E-state index contributed by atoms with van der Waals surface area (Å²) in [6, 6.07) is 8.52. The minimum atomic E-state index is -0.981. The third-order valence-corrected chi connectivity index (χ3v) is 5.21. The first-order valence-corrected chi connectivity index (χ1v) is 9.23. The number of hydrogen-bond acceptors (Lipinski definition) is 5. The molecule has 1 aliphatic heterocycles.